The number of aromatic nitrogens is 2. The summed E-state index contributed by atoms with van der Waals surface area (Å²) in [4.78, 5) is 23.0. The molecule has 0 spiro atoms. The molecule has 0 radical (unpaired) electrons. The first kappa shape index (κ1) is 11.0. The summed E-state index contributed by atoms with van der Waals surface area (Å²) in [5, 5.41) is 12.9. The molecule has 0 aliphatic rings. The van der Waals surface area contributed by atoms with Crippen LogP contribution >= 0.6 is 0 Å². The van der Waals surface area contributed by atoms with Gasteiger partial charge in [0.1, 0.15) is 5.56 Å². The van der Waals surface area contributed by atoms with Crippen molar-refractivity contribution in [1.82, 2.24) is 9.13 Å². The second-order valence-corrected chi connectivity index (χ2v) is 3.12. The maximum Gasteiger partial charge on any atom is 0.333 e. The van der Waals surface area contributed by atoms with Crippen LogP contribution in [0, 0.1) is 0 Å². The Labute approximate surface area is 85.1 Å². The molecule has 0 fully saturated rings. The Balaban J connectivity index is 3.84. The molecule has 0 aromatic carbocycles. The summed E-state index contributed by atoms with van der Waals surface area (Å²) in [6, 6.07) is 0. The lowest BCUT2D eigenvalue weighted by atomic mass is 10.2. The van der Waals surface area contributed by atoms with Crippen LogP contribution in [0.4, 0.5) is 0 Å². The van der Waals surface area contributed by atoms with Crippen LogP contribution in [0.2, 0.25) is 0 Å². The van der Waals surface area contributed by atoms with Gasteiger partial charge in [0.15, 0.2) is 0 Å². The maximum atomic E-state index is 11.6. The van der Waals surface area contributed by atoms with Crippen molar-refractivity contribution in [3.8, 4) is 5.88 Å². The highest BCUT2D eigenvalue weighted by atomic mass is 16.3. The fourth-order valence-corrected chi connectivity index (χ4v) is 1.21. The van der Waals surface area contributed by atoms with E-state index >= 15 is 0 Å². The lowest BCUT2D eigenvalue weighted by Gasteiger charge is -2.09. The lowest BCUT2D eigenvalue weighted by Crippen LogP contribution is -2.39. The van der Waals surface area contributed by atoms with Crippen molar-refractivity contribution in [1.29, 1.82) is 0 Å². The minimum Gasteiger partial charge on any atom is -0.494 e. The first-order valence-corrected chi connectivity index (χ1v) is 4.15. The minimum atomic E-state index is -0.623. The molecule has 0 aliphatic carbocycles. The molecular formula is C8H12N4O3. The first-order valence-electron chi connectivity index (χ1n) is 4.15. The average molecular weight is 212 g/mol. The van der Waals surface area contributed by atoms with Crippen LogP contribution < -0.4 is 17.1 Å². The van der Waals surface area contributed by atoms with Crippen LogP contribution in [0.3, 0.4) is 0 Å². The summed E-state index contributed by atoms with van der Waals surface area (Å²) in [6.45, 7) is 1.47. The van der Waals surface area contributed by atoms with Crippen molar-refractivity contribution in [3.05, 3.63) is 26.4 Å². The number of aromatic hydroxyl groups is 1. The average Bonchev–Trinajstić information content (AvgIpc) is 2.23. The van der Waals surface area contributed by atoms with Crippen molar-refractivity contribution in [2.24, 2.45) is 25.0 Å². The highest BCUT2D eigenvalue weighted by molar-refractivity contribution is 6.00. The Morgan fingerprint density at radius 3 is 2.33 bits per heavy atom. The normalized spacial score (nSPS) is 11.8. The highest BCUT2D eigenvalue weighted by Gasteiger charge is 2.16. The molecule has 1 rings (SSSR count). The predicted octanol–water partition coefficient (Wildman–Crippen LogP) is -1.53. The fraction of sp³-hybridized carbons (Fsp3) is 0.375. The Kier molecular flexibility index (Phi) is 2.65. The summed E-state index contributed by atoms with van der Waals surface area (Å²) in [6.07, 6.45) is 0. The summed E-state index contributed by atoms with van der Waals surface area (Å²) >= 11 is 0. The van der Waals surface area contributed by atoms with Crippen molar-refractivity contribution < 1.29 is 5.11 Å². The van der Waals surface area contributed by atoms with E-state index in [2.05, 4.69) is 5.10 Å². The monoisotopic (exact) mass is 212 g/mol. The van der Waals surface area contributed by atoms with Gasteiger partial charge in [-0.2, -0.15) is 5.10 Å². The number of nitrogens with zero attached hydrogens (tertiary/aromatic N) is 3. The Morgan fingerprint density at radius 1 is 1.33 bits per heavy atom. The second kappa shape index (κ2) is 3.60. The van der Waals surface area contributed by atoms with Gasteiger partial charge < -0.3 is 10.9 Å². The van der Waals surface area contributed by atoms with Crippen LogP contribution in [-0.4, -0.2) is 20.0 Å². The molecule has 0 amide bonds. The van der Waals surface area contributed by atoms with Gasteiger partial charge in [-0.05, 0) is 6.92 Å². The molecule has 1 aromatic heterocycles. The third-order valence-electron chi connectivity index (χ3n) is 2.19. The zero-order valence-electron chi connectivity index (χ0n) is 8.68. The van der Waals surface area contributed by atoms with E-state index in [1.54, 1.807) is 0 Å². The molecule has 7 heteroatoms. The highest BCUT2D eigenvalue weighted by Crippen LogP contribution is 2.09. The Bertz CT molecular complexity index is 538. The summed E-state index contributed by atoms with van der Waals surface area (Å²) in [5.74, 6) is 4.59. The van der Waals surface area contributed by atoms with Gasteiger partial charge in [0.2, 0.25) is 5.88 Å². The topological polar surface area (TPSA) is 103 Å². The van der Waals surface area contributed by atoms with E-state index < -0.39 is 17.1 Å². The molecule has 0 saturated heterocycles. The molecule has 7 nitrogen and oxygen atoms in total. The first-order chi connectivity index (χ1) is 6.91. The van der Waals surface area contributed by atoms with Crippen LogP contribution in [-0.2, 0) is 14.1 Å². The molecule has 82 valence electrons. The number of hydrazone groups is 1. The van der Waals surface area contributed by atoms with E-state index in [1.807, 2.05) is 0 Å². The fourth-order valence-electron chi connectivity index (χ4n) is 1.21. The van der Waals surface area contributed by atoms with Gasteiger partial charge in [0.05, 0.1) is 5.71 Å². The quantitative estimate of drug-likeness (QED) is 0.335. The van der Waals surface area contributed by atoms with Gasteiger partial charge in [-0.3, -0.25) is 13.9 Å². The van der Waals surface area contributed by atoms with E-state index in [1.165, 1.54) is 21.0 Å². The third kappa shape index (κ3) is 1.51. The molecule has 1 heterocycles. The number of rotatable bonds is 1. The van der Waals surface area contributed by atoms with Crippen LogP contribution in [0.25, 0.3) is 0 Å². The second-order valence-electron chi connectivity index (χ2n) is 3.12. The van der Waals surface area contributed by atoms with E-state index in [9.17, 15) is 14.7 Å². The standard InChI is InChI=1S/C8H12N4O3/c1-4(10-9)5-6(13)11(2)8(15)12(3)7(5)14/h13H,9H2,1-3H3/b10-4+. The summed E-state index contributed by atoms with van der Waals surface area (Å²) < 4.78 is 1.83. The Morgan fingerprint density at radius 2 is 1.87 bits per heavy atom. The van der Waals surface area contributed by atoms with Crippen LogP contribution in [0.15, 0.2) is 14.7 Å². The zero-order chi connectivity index (χ0) is 11.7. The van der Waals surface area contributed by atoms with Crippen LogP contribution in [0.1, 0.15) is 12.5 Å². The van der Waals surface area contributed by atoms with Crippen molar-refractivity contribution in [3.63, 3.8) is 0 Å². The molecule has 0 atom stereocenters. The maximum absolute atomic E-state index is 11.6. The van der Waals surface area contributed by atoms with Gasteiger partial charge in [-0.15, -0.1) is 0 Å². The largest absolute Gasteiger partial charge is 0.494 e. The third-order valence-corrected chi connectivity index (χ3v) is 2.19. The van der Waals surface area contributed by atoms with E-state index in [-0.39, 0.29) is 11.3 Å². The zero-order valence-corrected chi connectivity index (χ0v) is 8.68. The molecule has 0 saturated carbocycles. The molecule has 3 N–H and O–H groups in total. The van der Waals surface area contributed by atoms with Crippen LogP contribution in [0.5, 0.6) is 5.88 Å². The van der Waals surface area contributed by atoms with Crippen molar-refractivity contribution in [2.45, 2.75) is 6.92 Å². The van der Waals surface area contributed by atoms with Crippen molar-refractivity contribution >= 4 is 5.71 Å². The van der Waals surface area contributed by atoms with Gasteiger partial charge in [-0.1, -0.05) is 0 Å². The van der Waals surface area contributed by atoms with Gasteiger partial charge in [0.25, 0.3) is 5.56 Å². The SMILES string of the molecule is C/C(=N\N)c1c(O)n(C)c(=O)n(C)c1=O. The number of hydrogen-bond acceptors (Lipinski definition) is 5. The smallest absolute Gasteiger partial charge is 0.333 e. The lowest BCUT2D eigenvalue weighted by molar-refractivity contribution is 0.410. The van der Waals surface area contributed by atoms with Gasteiger partial charge >= 0.3 is 5.69 Å². The Hall–Kier alpha value is -2.05. The molecule has 0 aliphatic heterocycles. The van der Waals surface area contributed by atoms with Crippen molar-refractivity contribution in [2.75, 3.05) is 0 Å². The molecule has 0 bridgehead atoms. The van der Waals surface area contributed by atoms with E-state index in [4.69, 9.17) is 5.84 Å². The summed E-state index contributed by atoms with van der Waals surface area (Å²) in [7, 11) is 2.67. The van der Waals surface area contributed by atoms with E-state index in [0.29, 0.717) is 0 Å². The molecule has 1 aromatic rings. The van der Waals surface area contributed by atoms with E-state index in [0.717, 1.165) is 9.13 Å². The molecular weight excluding hydrogens is 200 g/mol. The minimum absolute atomic E-state index is 0.0675. The number of nitrogens with two attached hydrogens (primary N) is 1. The summed E-state index contributed by atoms with van der Waals surface area (Å²) in [5.41, 5.74) is -1.13. The molecule has 15 heavy (non-hydrogen) atoms. The van der Waals surface area contributed by atoms with Gasteiger partial charge in [0, 0.05) is 14.1 Å². The number of hydrogen-bond donors (Lipinski definition) is 2. The predicted molar refractivity (Wildman–Crippen MR) is 55.0 cm³/mol. The molecule has 0 unspecified atom stereocenters. The van der Waals surface area contributed by atoms with Gasteiger partial charge in [-0.25, -0.2) is 4.79 Å².